The van der Waals surface area contributed by atoms with Crippen molar-refractivity contribution in [3.63, 3.8) is 0 Å². The second kappa shape index (κ2) is 9.41. The van der Waals surface area contributed by atoms with Gasteiger partial charge in [-0.25, -0.2) is 0 Å². The van der Waals surface area contributed by atoms with E-state index in [9.17, 15) is 4.79 Å². The highest BCUT2D eigenvalue weighted by Gasteiger charge is 2.57. The maximum absolute atomic E-state index is 12.4. The number of halogens is 2. The van der Waals surface area contributed by atoms with Crippen LogP contribution >= 0.6 is 24.8 Å². The van der Waals surface area contributed by atoms with Gasteiger partial charge < -0.3 is 10.6 Å². The molecule has 1 spiro atoms. The van der Waals surface area contributed by atoms with E-state index < -0.39 is 0 Å². The van der Waals surface area contributed by atoms with Crippen LogP contribution in [0.4, 0.5) is 0 Å². The van der Waals surface area contributed by atoms with Crippen LogP contribution in [0.1, 0.15) is 43.2 Å². The van der Waals surface area contributed by atoms with Crippen molar-refractivity contribution in [1.29, 1.82) is 0 Å². The van der Waals surface area contributed by atoms with E-state index in [1.165, 1.54) is 37.1 Å². The number of piperidine rings is 1. The predicted molar refractivity (Wildman–Crippen MR) is 110 cm³/mol. The van der Waals surface area contributed by atoms with E-state index in [-0.39, 0.29) is 36.6 Å². The largest absolute Gasteiger partial charge is 0.352 e. The number of hydrogen-bond donors (Lipinski definition) is 2. The zero-order valence-electron chi connectivity index (χ0n) is 15.3. The smallest absolute Gasteiger partial charge is 0.223 e. The van der Waals surface area contributed by atoms with Crippen LogP contribution in [0.2, 0.25) is 0 Å². The maximum atomic E-state index is 12.4. The molecule has 2 N–H and O–H groups in total. The zero-order chi connectivity index (χ0) is 16.4. The molecule has 4 nitrogen and oxygen atoms in total. The molecule has 1 saturated carbocycles. The number of benzene rings is 1. The van der Waals surface area contributed by atoms with E-state index in [2.05, 4.69) is 39.8 Å². The molecule has 1 unspecified atom stereocenters. The molecule has 2 saturated heterocycles. The lowest BCUT2D eigenvalue weighted by Crippen LogP contribution is -2.33. The third kappa shape index (κ3) is 4.92. The summed E-state index contributed by atoms with van der Waals surface area (Å²) in [7, 11) is 0. The Labute approximate surface area is 169 Å². The average Bonchev–Trinajstić information content (AvgIpc) is 3.05. The van der Waals surface area contributed by atoms with Crippen molar-refractivity contribution in [2.75, 3.05) is 26.2 Å². The van der Waals surface area contributed by atoms with Gasteiger partial charge in [0.2, 0.25) is 5.91 Å². The number of nitrogens with zero attached hydrogens (tertiary/aromatic N) is 1. The molecule has 6 heteroatoms. The van der Waals surface area contributed by atoms with Crippen molar-refractivity contribution in [2.45, 2.75) is 45.2 Å². The summed E-state index contributed by atoms with van der Waals surface area (Å²) in [5.41, 5.74) is 2.91. The predicted octanol–water partition coefficient (Wildman–Crippen LogP) is 3.13. The van der Waals surface area contributed by atoms with E-state index in [1.807, 2.05) is 0 Å². The highest BCUT2D eigenvalue weighted by molar-refractivity contribution is 5.85. The third-order valence-electron chi connectivity index (χ3n) is 6.20. The maximum Gasteiger partial charge on any atom is 0.223 e. The van der Waals surface area contributed by atoms with Crippen LogP contribution in [-0.2, 0) is 17.9 Å². The first-order valence-electron chi connectivity index (χ1n) is 9.54. The van der Waals surface area contributed by atoms with Gasteiger partial charge in [-0.05, 0) is 74.8 Å². The number of amides is 1. The lowest BCUT2D eigenvalue weighted by molar-refractivity contribution is -0.123. The van der Waals surface area contributed by atoms with Crippen molar-refractivity contribution in [3.8, 4) is 0 Å². The highest BCUT2D eigenvalue weighted by atomic mass is 35.5. The van der Waals surface area contributed by atoms with Gasteiger partial charge in [0, 0.05) is 19.0 Å². The van der Waals surface area contributed by atoms with E-state index in [4.69, 9.17) is 0 Å². The number of carbonyl (C=O) groups is 1. The molecular weight excluding hydrogens is 369 g/mol. The fraction of sp³-hybridized carbons (Fsp3) is 0.650. The van der Waals surface area contributed by atoms with Gasteiger partial charge >= 0.3 is 0 Å². The molecule has 3 fully saturated rings. The quantitative estimate of drug-likeness (QED) is 0.798. The summed E-state index contributed by atoms with van der Waals surface area (Å²) in [4.78, 5) is 14.9. The third-order valence-corrected chi connectivity index (χ3v) is 6.20. The molecule has 1 aromatic carbocycles. The first-order chi connectivity index (χ1) is 11.8. The van der Waals surface area contributed by atoms with Crippen molar-refractivity contribution < 1.29 is 4.79 Å². The Morgan fingerprint density at radius 1 is 1.08 bits per heavy atom. The van der Waals surface area contributed by atoms with E-state index in [0.29, 0.717) is 12.0 Å². The van der Waals surface area contributed by atoms with Gasteiger partial charge in [0.1, 0.15) is 0 Å². The molecule has 1 amide bonds. The summed E-state index contributed by atoms with van der Waals surface area (Å²) in [6.07, 6.45) is 6.09. The molecule has 146 valence electrons. The molecule has 2 aliphatic heterocycles. The fourth-order valence-corrected chi connectivity index (χ4v) is 4.47. The van der Waals surface area contributed by atoms with Gasteiger partial charge in [-0.15, -0.1) is 24.8 Å². The first-order valence-corrected chi connectivity index (χ1v) is 9.54. The van der Waals surface area contributed by atoms with Crippen LogP contribution in [0.3, 0.4) is 0 Å². The van der Waals surface area contributed by atoms with Crippen LogP contribution in [0.15, 0.2) is 24.3 Å². The molecule has 2 heterocycles. The molecule has 0 aromatic heterocycles. The first kappa shape index (κ1) is 21.5. The minimum Gasteiger partial charge on any atom is -0.352 e. The normalized spacial score (nSPS) is 23.8. The molecule has 1 aliphatic carbocycles. The van der Waals surface area contributed by atoms with Crippen molar-refractivity contribution in [2.24, 2.45) is 11.3 Å². The van der Waals surface area contributed by atoms with Crippen LogP contribution in [0.25, 0.3) is 0 Å². The molecule has 1 aromatic rings. The standard InChI is InChI=1S/C20H29N3O.2ClH/c24-19(18-13-20(18)7-9-21-10-8-20)22-14-16-3-5-17(6-4-16)15-23-11-1-2-12-23;;/h3-6,18,21H,1-2,7-15H2,(H,22,24);2*1H. The number of rotatable bonds is 5. The van der Waals surface area contributed by atoms with Crippen LogP contribution in [0.5, 0.6) is 0 Å². The van der Waals surface area contributed by atoms with Gasteiger partial charge in [-0.2, -0.15) is 0 Å². The Bertz CT molecular complexity index is 581. The van der Waals surface area contributed by atoms with Crippen molar-refractivity contribution in [3.05, 3.63) is 35.4 Å². The number of hydrogen-bond acceptors (Lipinski definition) is 3. The topological polar surface area (TPSA) is 44.4 Å². The Kier molecular flexibility index (Phi) is 7.77. The Morgan fingerprint density at radius 3 is 2.35 bits per heavy atom. The van der Waals surface area contributed by atoms with Gasteiger partial charge in [-0.3, -0.25) is 9.69 Å². The lowest BCUT2D eigenvalue weighted by Gasteiger charge is -2.23. The van der Waals surface area contributed by atoms with Gasteiger partial charge in [-0.1, -0.05) is 24.3 Å². The second-order valence-electron chi connectivity index (χ2n) is 7.89. The van der Waals surface area contributed by atoms with Gasteiger partial charge in [0.05, 0.1) is 0 Å². The molecule has 4 rings (SSSR count). The zero-order valence-corrected chi connectivity index (χ0v) is 17.0. The second-order valence-corrected chi connectivity index (χ2v) is 7.89. The minimum absolute atomic E-state index is 0. The molecular formula is C20H31Cl2N3O. The molecule has 26 heavy (non-hydrogen) atoms. The number of nitrogens with one attached hydrogen (secondary N) is 2. The average molecular weight is 400 g/mol. The van der Waals surface area contributed by atoms with E-state index >= 15 is 0 Å². The molecule has 3 aliphatic rings. The van der Waals surface area contributed by atoms with Crippen LogP contribution in [-0.4, -0.2) is 37.0 Å². The highest BCUT2D eigenvalue weighted by Crippen LogP contribution is 2.58. The summed E-state index contributed by atoms with van der Waals surface area (Å²) < 4.78 is 0. The monoisotopic (exact) mass is 399 g/mol. The summed E-state index contributed by atoms with van der Waals surface area (Å²) in [5, 5.41) is 6.55. The van der Waals surface area contributed by atoms with E-state index in [1.54, 1.807) is 0 Å². The Morgan fingerprint density at radius 2 is 1.69 bits per heavy atom. The van der Waals surface area contributed by atoms with E-state index in [0.717, 1.165) is 38.9 Å². The number of likely N-dealkylation sites (tertiary alicyclic amines) is 1. The minimum atomic E-state index is 0. The summed E-state index contributed by atoms with van der Waals surface area (Å²) in [6.45, 7) is 6.33. The molecule has 0 bridgehead atoms. The SMILES string of the molecule is Cl.Cl.O=C(NCc1ccc(CN2CCCC2)cc1)C1CC12CCNCC2. The number of carbonyl (C=O) groups excluding carboxylic acids is 1. The van der Waals surface area contributed by atoms with Crippen LogP contribution in [0, 0.1) is 11.3 Å². The Balaban J connectivity index is 0.00000121. The lowest BCUT2D eigenvalue weighted by atomic mass is 9.92. The summed E-state index contributed by atoms with van der Waals surface area (Å²) in [5.74, 6) is 0.520. The summed E-state index contributed by atoms with van der Waals surface area (Å²) >= 11 is 0. The van der Waals surface area contributed by atoms with Crippen molar-refractivity contribution in [1.82, 2.24) is 15.5 Å². The van der Waals surface area contributed by atoms with Crippen molar-refractivity contribution >= 4 is 30.7 Å². The van der Waals surface area contributed by atoms with Crippen LogP contribution < -0.4 is 10.6 Å². The molecule has 0 radical (unpaired) electrons. The summed E-state index contributed by atoms with van der Waals surface area (Å²) in [6, 6.07) is 8.76. The molecule has 1 atom stereocenters. The Hall–Kier alpha value is -0.810. The van der Waals surface area contributed by atoms with Gasteiger partial charge in [0.15, 0.2) is 0 Å². The van der Waals surface area contributed by atoms with Gasteiger partial charge in [0.25, 0.3) is 0 Å². The fourth-order valence-electron chi connectivity index (χ4n) is 4.47.